The standard InChI is InChI=1S/C30H46N4O10S/c1-28(2,3)26(38)43-19-15-22-23(35)32-30(25(37)33-45(40,41)20-11-12-20)16-18(30)9-7-13-42-14-8-10-21(24(36)34(22)17-19)31-27(39)44-29(4,5)6/h7,9,18-22H,8,10-17H2,1-6H3,(H,31,39)(H,32,35)(H,33,37)/b9-7+. The van der Waals surface area contributed by atoms with Gasteiger partial charge in [0.25, 0.3) is 5.91 Å². The van der Waals surface area contributed by atoms with E-state index in [1.807, 2.05) is 0 Å². The van der Waals surface area contributed by atoms with Crippen molar-refractivity contribution in [3.05, 3.63) is 12.2 Å². The molecule has 2 saturated carbocycles. The monoisotopic (exact) mass is 654 g/mol. The van der Waals surface area contributed by atoms with Crippen LogP contribution < -0.4 is 15.4 Å². The van der Waals surface area contributed by atoms with Crippen LogP contribution in [0.4, 0.5) is 4.79 Å². The second-order valence-corrected chi connectivity index (χ2v) is 16.3. The number of carbonyl (C=O) groups excluding carboxylic acids is 5. The van der Waals surface area contributed by atoms with Crippen LogP contribution in [0, 0.1) is 11.3 Å². The van der Waals surface area contributed by atoms with Crippen molar-refractivity contribution in [3.63, 3.8) is 0 Å². The van der Waals surface area contributed by atoms with Crippen LogP contribution in [-0.2, 0) is 43.4 Å². The topological polar surface area (TPSA) is 187 Å². The highest BCUT2D eigenvalue weighted by Gasteiger charge is 2.62. The molecule has 2 aliphatic carbocycles. The zero-order chi connectivity index (χ0) is 33.4. The van der Waals surface area contributed by atoms with Gasteiger partial charge in [-0.2, -0.15) is 0 Å². The van der Waals surface area contributed by atoms with Crippen molar-refractivity contribution >= 4 is 39.8 Å². The Kier molecular flexibility index (Phi) is 9.93. The van der Waals surface area contributed by atoms with Crippen LogP contribution in [0.3, 0.4) is 0 Å². The Morgan fingerprint density at radius 1 is 1.09 bits per heavy atom. The Bertz CT molecular complexity index is 1330. The van der Waals surface area contributed by atoms with Gasteiger partial charge in [0, 0.05) is 18.9 Å². The number of esters is 1. The number of hydrogen-bond donors (Lipinski definition) is 3. The second kappa shape index (κ2) is 12.9. The van der Waals surface area contributed by atoms with Crippen LogP contribution in [0.5, 0.6) is 0 Å². The van der Waals surface area contributed by atoms with Crippen LogP contribution in [0.1, 0.15) is 80.1 Å². The van der Waals surface area contributed by atoms with Crippen LogP contribution in [-0.4, -0.2) is 97.4 Å². The normalized spacial score (nSPS) is 30.4. The fourth-order valence-electron chi connectivity index (χ4n) is 5.34. The van der Waals surface area contributed by atoms with E-state index in [4.69, 9.17) is 14.2 Å². The van der Waals surface area contributed by atoms with E-state index in [1.54, 1.807) is 53.7 Å². The number of ether oxygens (including phenoxy) is 3. The Morgan fingerprint density at radius 2 is 1.78 bits per heavy atom. The summed E-state index contributed by atoms with van der Waals surface area (Å²) in [7, 11) is -3.90. The molecule has 15 heteroatoms. The number of nitrogens with zero attached hydrogens (tertiary/aromatic N) is 1. The smallest absolute Gasteiger partial charge is 0.408 e. The molecule has 2 aliphatic heterocycles. The lowest BCUT2D eigenvalue weighted by Crippen LogP contribution is -2.58. The van der Waals surface area contributed by atoms with E-state index in [0.29, 0.717) is 19.3 Å². The molecule has 0 spiro atoms. The van der Waals surface area contributed by atoms with Gasteiger partial charge in [-0.1, -0.05) is 12.2 Å². The molecular weight excluding hydrogens is 608 g/mol. The number of alkyl carbamates (subject to hydrolysis) is 1. The predicted octanol–water partition coefficient (Wildman–Crippen LogP) is 1.29. The van der Waals surface area contributed by atoms with Crippen molar-refractivity contribution in [1.29, 1.82) is 0 Å². The van der Waals surface area contributed by atoms with Crippen LogP contribution in [0.2, 0.25) is 0 Å². The molecule has 14 nitrogen and oxygen atoms in total. The molecule has 0 aromatic heterocycles. The summed E-state index contributed by atoms with van der Waals surface area (Å²) in [5, 5.41) is 4.72. The Balaban J connectivity index is 1.63. The zero-order valence-corrected chi connectivity index (χ0v) is 27.7. The average molecular weight is 655 g/mol. The van der Waals surface area contributed by atoms with Gasteiger partial charge >= 0.3 is 12.1 Å². The second-order valence-electron chi connectivity index (χ2n) is 14.3. The molecule has 4 aliphatic rings. The van der Waals surface area contributed by atoms with Crippen molar-refractivity contribution < 1.29 is 46.6 Å². The van der Waals surface area contributed by atoms with Crippen molar-refractivity contribution in [2.75, 3.05) is 19.8 Å². The van der Waals surface area contributed by atoms with E-state index < -0.39 is 85.7 Å². The van der Waals surface area contributed by atoms with Crippen LogP contribution >= 0.6 is 0 Å². The van der Waals surface area contributed by atoms with E-state index in [0.717, 1.165) is 0 Å². The summed E-state index contributed by atoms with van der Waals surface area (Å²) in [6.07, 6.45) is 3.32. The van der Waals surface area contributed by atoms with Gasteiger partial charge in [0.1, 0.15) is 29.3 Å². The molecular formula is C30H46N4O10S. The quantitative estimate of drug-likeness (QED) is 0.288. The molecule has 45 heavy (non-hydrogen) atoms. The predicted molar refractivity (Wildman–Crippen MR) is 161 cm³/mol. The number of carbonyl (C=O) groups is 5. The number of rotatable bonds is 5. The number of amides is 4. The molecule has 0 bridgehead atoms. The lowest BCUT2D eigenvalue weighted by molar-refractivity contribution is -0.158. The molecule has 3 fully saturated rings. The molecule has 3 N–H and O–H groups in total. The fraction of sp³-hybridized carbons (Fsp3) is 0.767. The fourth-order valence-corrected chi connectivity index (χ4v) is 6.70. The SMILES string of the molecule is CC(C)(C)OC(=O)NC1CCCOC/C=C/C2CC2(C(=O)NS(=O)(=O)C2CC2)NC(=O)C2CC(OC(=O)C(C)(C)C)CN2C1=O. The summed E-state index contributed by atoms with van der Waals surface area (Å²) in [6.45, 7) is 10.4. The molecule has 252 valence electrons. The molecule has 0 aromatic carbocycles. The highest BCUT2D eigenvalue weighted by atomic mass is 32.2. The third-order valence-corrected chi connectivity index (χ3v) is 9.87. The van der Waals surface area contributed by atoms with Crippen LogP contribution in [0.15, 0.2) is 12.2 Å². The van der Waals surface area contributed by atoms with Gasteiger partial charge in [-0.05, 0) is 73.6 Å². The first-order valence-electron chi connectivity index (χ1n) is 15.5. The summed E-state index contributed by atoms with van der Waals surface area (Å²) in [6, 6.07) is -2.26. The average Bonchev–Trinajstić information content (AvgIpc) is 3.82. The van der Waals surface area contributed by atoms with Gasteiger partial charge in [-0.25, -0.2) is 13.2 Å². The molecule has 5 unspecified atom stereocenters. The maximum atomic E-state index is 14.0. The first kappa shape index (κ1) is 34.7. The molecule has 1 saturated heterocycles. The van der Waals surface area contributed by atoms with E-state index >= 15 is 0 Å². The molecule has 0 aromatic rings. The number of fused-ring (bicyclic) bond motifs is 2. The van der Waals surface area contributed by atoms with Crippen molar-refractivity contribution in [2.24, 2.45) is 11.3 Å². The summed E-state index contributed by atoms with van der Waals surface area (Å²) in [5.74, 6) is -3.16. The van der Waals surface area contributed by atoms with Crippen molar-refractivity contribution in [2.45, 2.75) is 115 Å². The third-order valence-electron chi connectivity index (χ3n) is 8.05. The zero-order valence-electron chi connectivity index (χ0n) is 26.8. The van der Waals surface area contributed by atoms with Crippen molar-refractivity contribution in [1.82, 2.24) is 20.3 Å². The maximum Gasteiger partial charge on any atom is 0.408 e. The molecule has 4 amide bonds. The minimum Gasteiger partial charge on any atom is -0.460 e. The Morgan fingerprint density at radius 3 is 2.40 bits per heavy atom. The molecule has 4 rings (SSSR count). The number of hydrogen-bond acceptors (Lipinski definition) is 10. The van der Waals surface area contributed by atoms with Gasteiger partial charge in [-0.15, -0.1) is 0 Å². The molecule has 2 heterocycles. The van der Waals surface area contributed by atoms with Crippen LogP contribution in [0.25, 0.3) is 0 Å². The highest BCUT2D eigenvalue weighted by molar-refractivity contribution is 7.91. The third kappa shape index (κ3) is 8.75. The first-order valence-corrected chi connectivity index (χ1v) is 17.0. The van der Waals surface area contributed by atoms with Gasteiger partial charge in [-0.3, -0.25) is 23.9 Å². The van der Waals surface area contributed by atoms with E-state index in [2.05, 4.69) is 15.4 Å². The molecule has 0 radical (unpaired) electrons. The van der Waals surface area contributed by atoms with Gasteiger partial charge in [0.15, 0.2) is 0 Å². The van der Waals surface area contributed by atoms with E-state index in [1.165, 1.54) is 4.90 Å². The maximum absolute atomic E-state index is 14.0. The first-order chi connectivity index (χ1) is 20.8. The lowest BCUT2D eigenvalue weighted by Gasteiger charge is -2.30. The highest BCUT2D eigenvalue weighted by Crippen LogP contribution is 2.46. The van der Waals surface area contributed by atoms with Crippen molar-refractivity contribution in [3.8, 4) is 0 Å². The lowest BCUT2D eigenvalue weighted by atomic mass is 9.97. The minimum atomic E-state index is -3.90. The minimum absolute atomic E-state index is 0.0553. The number of sulfonamides is 1. The molecule has 5 atom stereocenters. The van der Waals surface area contributed by atoms with Gasteiger partial charge < -0.3 is 29.7 Å². The van der Waals surface area contributed by atoms with Gasteiger partial charge in [0.05, 0.1) is 23.8 Å². The largest absolute Gasteiger partial charge is 0.460 e. The van der Waals surface area contributed by atoms with Gasteiger partial charge in [0.2, 0.25) is 21.8 Å². The van der Waals surface area contributed by atoms with E-state index in [9.17, 15) is 32.4 Å². The summed E-state index contributed by atoms with van der Waals surface area (Å²) >= 11 is 0. The summed E-state index contributed by atoms with van der Waals surface area (Å²) < 4.78 is 44.1. The Hall–Kier alpha value is -3.20. The summed E-state index contributed by atoms with van der Waals surface area (Å²) in [5.41, 5.74) is -3.22. The summed E-state index contributed by atoms with van der Waals surface area (Å²) in [4.78, 5) is 68.1. The van der Waals surface area contributed by atoms with E-state index in [-0.39, 0.29) is 39.0 Å². The number of nitrogens with one attached hydrogen (secondary N) is 3. The Labute approximate surface area is 264 Å².